The van der Waals surface area contributed by atoms with Crippen molar-refractivity contribution in [3.8, 4) is 0 Å². The quantitative estimate of drug-likeness (QED) is 0.574. The molecule has 82 valence electrons. The van der Waals surface area contributed by atoms with Crippen LogP contribution < -0.4 is 5.73 Å². The van der Waals surface area contributed by atoms with E-state index >= 15 is 0 Å². The first kappa shape index (κ1) is 10.7. The molecule has 0 aliphatic heterocycles. The normalized spacial score (nSPS) is 23.3. The highest BCUT2D eigenvalue weighted by atomic mass is 14.7. The molecule has 2 heteroatoms. The minimum absolute atomic E-state index is 0.0446. The summed E-state index contributed by atoms with van der Waals surface area (Å²) >= 11 is 0. The molecule has 1 unspecified atom stereocenters. The smallest absolute Gasteiger partial charge is 0.123 e. The molecule has 0 radical (unpaired) electrons. The third kappa shape index (κ3) is 1.78. The number of rotatable bonds is 2. The predicted octanol–water partition coefficient (Wildman–Crippen LogP) is 2.74. The molecule has 0 saturated heterocycles. The molecular formula is C14H16N2. The first-order valence-corrected chi connectivity index (χ1v) is 5.42. The summed E-state index contributed by atoms with van der Waals surface area (Å²) in [6.45, 7) is 2.18. The van der Waals surface area contributed by atoms with Crippen LogP contribution in [0.1, 0.15) is 24.5 Å². The van der Waals surface area contributed by atoms with Gasteiger partial charge in [0.1, 0.15) is 5.84 Å². The topological polar surface area (TPSA) is 49.9 Å². The molecule has 0 bridgehead atoms. The fraction of sp³-hybridized carbons (Fsp3) is 0.214. The number of hydrogen-bond donors (Lipinski definition) is 2. The monoisotopic (exact) mass is 212 g/mol. The Morgan fingerprint density at radius 2 is 2.06 bits per heavy atom. The number of allylic oxidation sites excluding steroid dienone is 4. The Hall–Kier alpha value is -1.83. The molecule has 1 atom stereocenters. The first-order valence-electron chi connectivity index (χ1n) is 5.42. The number of nitrogen functional groups attached to an aromatic ring is 1. The third-order valence-corrected chi connectivity index (χ3v) is 3.09. The zero-order valence-electron chi connectivity index (χ0n) is 9.40. The van der Waals surface area contributed by atoms with Gasteiger partial charge in [-0.05, 0) is 12.0 Å². The second kappa shape index (κ2) is 3.97. The fourth-order valence-corrected chi connectivity index (χ4v) is 2.14. The Bertz CT molecular complexity index is 471. The van der Waals surface area contributed by atoms with Crippen molar-refractivity contribution in [3.05, 3.63) is 59.7 Å². The van der Waals surface area contributed by atoms with E-state index in [4.69, 9.17) is 11.1 Å². The van der Waals surface area contributed by atoms with Gasteiger partial charge in [0, 0.05) is 11.0 Å². The van der Waals surface area contributed by atoms with E-state index in [0.717, 1.165) is 17.5 Å². The summed E-state index contributed by atoms with van der Waals surface area (Å²) in [6.07, 6.45) is 9.39. The number of nitrogens with two attached hydrogens (primary N) is 1. The van der Waals surface area contributed by atoms with Crippen LogP contribution in [-0.4, -0.2) is 5.84 Å². The van der Waals surface area contributed by atoms with Gasteiger partial charge in [0.15, 0.2) is 0 Å². The Morgan fingerprint density at radius 3 is 2.69 bits per heavy atom. The van der Waals surface area contributed by atoms with Crippen molar-refractivity contribution in [2.45, 2.75) is 18.8 Å². The Balaban J connectivity index is 2.51. The minimum Gasteiger partial charge on any atom is -0.384 e. The first-order chi connectivity index (χ1) is 7.63. The lowest BCUT2D eigenvalue weighted by molar-refractivity contribution is 0.598. The van der Waals surface area contributed by atoms with Crippen LogP contribution in [0.5, 0.6) is 0 Å². The second-order valence-corrected chi connectivity index (χ2v) is 4.37. The lowest BCUT2D eigenvalue weighted by Gasteiger charge is -2.29. The van der Waals surface area contributed by atoms with Gasteiger partial charge in [0.25, 0.3) is 0 Å². The van der Waals surface area contributed by atoms with Crippen molar-refractivity contribution in [2.24, 2.45) is 5.73 Å². The molecule has 0 fully saturated rings. The fourth-order valence-electron chi connectivity index (χ4n) is 2.14. The van der Waals surface area contributed by atoms with Gasteiger partial charge in [0.2, 0.25) is 0 Å². The Kier molecular flexibility index (Phi) is 2.65. The van der Waals surface area contributed by atoms with Crippen molar-refractivity contribution < 1.29 is 0 Å². The largest absolute Gasteiger partial charge is 0.384 e. The molecule has 16 heavy (non-hydrogen) atoms. The van der Waals surface area contributed by atoms with Crippen molar-refractivity contribution in [3.63, 3.8) is 0 Å². The van der Waals surface area contributed by atoms with Crippen LogP contribution in [0.25, 0.3) is 0 Å². The van der Waals surface area contributed by atoms with Crippen molar-refractivity contribution >= 4 is 5.84 Å². The van der Waals surface area contributed by atoms with Crippen LogP contribution >= 0.6 is 0 Å². The van der Waals surface area contributed by atoms with Crippen LogP contribution in [0.3, 0.4) is 0 Å². The van der Waals surface area contributed by atoms with E-state index in [0.29, 0.717) is 0 Å². The zero-order valence-corrected chi connectivity index (χ0v) is 9.40. The third-order valence-electron chi connectivity index (χ3n) is 3.09. The second-order valence-electron chi connectivity index (χ2n) is 4.37. The molecule has 1 aliphatic rings. The molecule has 3 N–H and O–H groups in total. The lowest BCUT2D eigenvalue weighted by Crippen LogP contribution is -2.25. The summed E-state index contributed by atoms with van der Waals surface area (Å²) in [5.41, 5.74) is 7.54. The van der Waals surface area contributed by atoms with Gasteiger partial charge in [-0.3, -0.25) is 5.41 Å². The molecule has 0 spiro atoms. The van der Waals surface area contributed by atoms with Crippen LogP contribution in [0, 0.1) is 5.41 Å². The van der Waals surface area contributed by atoms with E-state index in [-0.39, 0.29) is 11.3 Å². The summed E-state index contributed by atoms with van der Waals surface area (Å²) in [4.78, 5) is 0. The van der Waals surface area contributed by atoms with E-state index in [1.165, 1.54) is 0 Å². The highest BCUT2D eigenvalue weighted by Gasteiger charge is 2.26. The van der Waals surface area contributed by atoms with E-state index in [1.54, 1.807) is 0 Å². The maximum Gasteiger partial charge on any atom is 0.123 e. The molecule has 2 nitrogen and oxygen atoms in total. The van der Waals surface area contributed by atoms with E-state index in [2.05, 4.69) is 37.3 Å². The molecule has 0 heterocycles. The van der Waals surface area contributed by atoms with E-state index in [1.807, 2.05) is 18.2 Å². The van der Waals surface area contributed by atoms with Crippen LogP contribution in [0.2, 0.25) is 0 Å². The van der Waals surface area contributed by atoms with E-state index in [9.17, 15) is 0 Å². The number of amidine groups is 1. The predicted molar refractivity (Wildman–Crippen MR) is 67.7 cm³/mol. The molecule has 1 aromatic rings. The standard InChI is InChI=1S/C14H16N2/c1-14(9-5-2-6-10-14)12-8-4-3-7-11(12)13(15)16/h2-9H,10H2,1H3,(H3,15,16). The van der Waals surface area contributed by atoms with Gasteiger partial charge in [-0.25, -0.2) is 0 Å². The van der Waals surface area contributed by atoms with Gasteiger partial charge in [-0.2, -0.15) is 0 Å². The Morgan fingerprint density at radius 1 is 1.31 bits per heavy atom. The Labute approximate surface area is 96.0 Å². The highest BCUT2D eigenvalue weighted by molar-refractivity contribution is 5.96. The average molecular weight is 212 g/mol. The summed E-state index contributed by atoms with van der Waals surface area (Å²) in [7, 11) is 0. The summed E-state index contributed by atoms with van der Waals surface area (Å²) in [5, 5.41) is 7.62. The molecule has 1 aliphatic carbocycles. The molecular weight excluding hydrogens is 196 g/mol. The summed E-state index contributed by atoms with van der Waals surface area (Å²) in [6, 6.07) is 7.89. The highest BCUT2D eigenvalue weighted by Crippen LogP contribution is 2.33. The number of nitrogens with one attached hydrogen (secondary N) is 1. The van der Waals surface area contributed by atoms with Gasteiger partial charge < -0.3 is 5.73 Å². The summed E-state index contributed by atoms with van der Waals surface area (Å²) in [5.74, 6) is 0.139. The zero-order chi connectivity index (χ0) is 11.6. The molecule has 0 saturated carbocycles. The maximum atomic E-state index is 7.62. The van der Waals surface area contributed by atoms with Gasteiger partial charge in [-0.15, -0.1) is 0 Å². The van der Waals surface area contributed by atoms with Crippen molar-refractivity contribution in [1.29, 1.82) is 5.41 Å². The maximum absolute atomic E-state index is 7.62. The van der Waals surface area contributed by atoms with Crippen LogP contribution in [0.15, 0.2) is 48.6 Å². The molecule has 0 amide bonds. The average Bonchev–Trinajstić information content (AvgIpc) is 2.30. The SMILES string of the molecule is CC1(c2ccccc2C(=N)N)C=CC=CC1. The van der Waals surface area contributed by atoms with Gasteiger partial charge >= 0.3 is 0 Å². The molecule has 2 rings (SSSR count). The van der Waals surface area contributed by atoms with E-state index < -0.39 is 0 Å². The lowest BCUT2D eigenvalue weighted by atomic mass is 9.75. The van der Waals surface area contributed by atoms with Crippen molar-refractivity contribution in [2.75, 3.05) is 0 Å². The van der Waals surface area contributed by atoms with Crippen LogP contribution in [-0.2, 0) is 5.41 Å². The van der Waals surface area contributed by atoms with Gasteiger partial charge in [0.05, 0.1) is 0 Å². The van der Waals surface area contributed by atoms with Gasteiger partial charge in [-0.1, -0.05) is 55.5 Å². The minimum atomic E-state index is -0.0446. The number of benzene rings is 1. The molecule has 1 aromatic carbocycles. The molecule has 0 aromatic heterocycles. The summed E-state index contributed by atoms with van der Waals surface area (Å²) < 4.78 is 0. The van der Waals surface area contributed by atoms with Crippen molar-refractivity contribution in [1.82, 2.24) is 0 Å². The number of hydrogen-bond acceptors (Lipinski definition) is 1. The van der Waals surface area contributed by atoms with Crippen LogP contribution in [0.4, 0.5) is 0 Å².